The van der Waals surface area contributed by atoms with Crippen LogP contribution < -0.4 is 5.32 Å². The molecule has 1 aliphatic heterocycles. The van der Waals surface area contributed by atoms with Gasteiger partial charge in [-0.05, 0) is 43.4 Å². The Labute approximate surface area is 100 Å². The summed E-state index contributed by atoms with van der Waals surface area (Å²) in [6.45, 7) is 7.94. The Morgan fingerprint density at radius 2 is 2.12 bits per heavy atom. The Hall–Kier alpha value is -0.0800. The van der Waals surface area contributed by atoms with Crippen LogP contribution in [0.1, 0.15) is 52.4 Å². The lowest BCUT2D eigenvalue weighted by molar-refractivity contribution is 0.0520. The molecule has 2 nitrogen and oxygen atoms in total. The predicted molar refractivity (Wildman–Crippen MR) is 67.6 cm³/mol. The molecule has 1 heterocycles. The van der Waals surface area contributed by atoms with Gasteiger partial charge in [-0.25, -0.2) is 0 Å². The maximum atomic E-state index is 5.52. The minimum atomic E-state index is 0.555. The fourth-order valence-electron chi connectivity index (χ4n) is 3.17. The van der Waals surface area contributed by atoms with Crippen molar-refractivity contribution in [2.75, 3.05) is 19.8 Å². The van der Waals surface area contributed by atoms with Crippen LogP contribution in [0.2, 0.25) is 0 Å². The zero-order valence-corrected chi connectivity index (χ0v) is 10.9. The van der Waals surface area contributed by atoms with Crippen LogP contribution >= 0.6 is 0 Å². The van der Waals surface area contributed by atoms with E-state index < -0.39 is 0 Å². The van der Waals surface area contributed by atoms with E-state index in [0.29, 0.717) is 5.41 Å². The molecule has 0 radical (unpaired) electrons. The van der Waals surface area contributed by atoms with Crippen LogP contribution in [0.25, 0.3) is 0 Å². The van der Waals surface area contributed by atoms with E-state index in [-0.39, 0.29) is 0 Å². The summed E-state index contributed by atoms with van der Waals surface area (Å²) in [5.41, 5.74) is 0.555. The molecule has 0 aromatic carbocycles. The molecule has 2 atom stereocenters. The molecule has 0 aromatic rings. The van der Waals surface area contributed by atoms with Crippen molar-refractivity contribution < 1.29 is 4.74 Å². The van der Waals surface area contributed by atoms with Crippen molar-refractivity contribution in [3.63, 3.8) is 0 Å². The van der Waals surface area contributed by atoms with Gasteiger partial charge in [0.2, 0.25) is 0 Å². The summed E-state index contributed by atoms with van der Waals surface area (Å²) >= 11 is 0. The monoisotopic (exact) mass is 225 g/mol. The van der Waals surface area contributed by atoms with Gasteiger partial charge in [0.25, 0.3) is 0 Å². The lowest BCUT2D eigenvalue weighted by atomic mass is 9.75. The summed E-state index contributed by atoms with van der Waals surface area (Å²) in [6.07, 6.45) is 8.12. The third-order valence-electron chi connectivity index (χ3n) is 4.15. The third-order valence-corrected chi connectivity index (χ3v) is 4.15. The average molecular weight is 225 g/mol. The van der Waals surface area contributed by atoms with E-state index in [1.54, 1.807) is 0 Å². The van der Waals surface area contributed by atoms with Crippen molar-refractivity contribution in [2.24, 2.45) is 11.3 Å². The van der Waals surface area contributed by atoms with Crippen molar-refractivity contribution in [1.82, 2.24) is 5.32 Å². The Balaban J connectivity index is 1.68. The number of hydrogen-bond acceptors (Lipinski definition) is 2. The fourth-order valence-corrected chi connectivity index (χ4v) is 3.17. The van der Waals surface area contributed by atoms with Gasteiger partial charge in [0.05, 0.1) is 6.61 Å². The van der Waals surface area contributed by atoms with Crippen LogP contribution in [0.4, 0.5) is 0 Å². The van der Waals surface area contributed by atoms with Crippen molar-refractivity contribution in [2.45, 2.75) is 58.4 Å². The molecular weight excluding hydrogens is 198 g/mol. The lowest BCUT2D eigenvalue weighted by Crippen LogP contribution is -2.40. The number of nitrogens with one attached hydrogen (secondary N) is 1. The van der Waals surface area contributed by atoms with E-state index in [0.717, 1.165) is 25.2 Å². The van der Waals surface area contributed by atoms with E-state index in [4.69, 9.17) is 4.74 Å². The first-order chi connectivity index (χ1) is 7.66. The highest BCUT2D eigenvalue weighted by atomic mass is 16.5. The van der Waals surface area contributed by atoms with E-state index in [9.17, 15) is 0 Å². The first kappa shape index (κ1) is 12.4. The summed E-state index contributed by atoms with van der Waals surface area (Å²) in [6, 6.07) is 0.755. The Bertz CT molecular complexity index is 209. The first-order valence-electron chi connectivity index (χ1n) is 6.97. The second-order valence-electron chi connectivity index (χ2n) is 6.45. The molecule has 2 heteroatoms. The van der Waals surface area contributed by atoms with E-state index in [1.807, 2.05) is 0 Å². The van der Waals surface area contributed by atoms with Gasteiger partial charge in [-0.1, -0.05) is 20.3 Å². The van der Waals surface area contributed by atoms with Gasteiger partial charge in [-0.15, -0.1) is 0 Å². The van der Waals surface area contributed by atoms with Gasteiger partial charge < -0.3 is 10.1 Å². The minimum absolute atomic E-state index is 0.555. The van der Waals surface area contributed by atoms with Crippen molar-refractivity contribution in [3.05, 3.63) is 0 Å². The highest BCUT2D eigenvalue weighted by Gasteiger charge is 2.28. The molecule has 2 rings (SSSR count). The van der Waals surface area contributed by atoms with Gasteiger partial charge in [0.1, 0.15) is 0 Å². The number of rotatable bonds is 3. The molecule has 0 bridgehead atoms. The normalized spacial score (nSPS) is 34.9. The molecule has 16 heavy (non-hydrogen) atoms. The van der Waals surface area contributed by atoms with Crippen LogP contribution in [0.3, 0.4) is 0 Å². The summed E-state index contributed by atoms with van der Waals surface area (Å²) < 4.78 is 5.52. The molecular formula is C14H27NO. The number of ether oxygens (including phenoxy) is 1. The van der Waals surface area contributed by atoms with Gasteiger partial charge in [0, 0.05) is 19.2 Å². The maximum absolute atomic E-state index is 5.52. The Kier molecular flexibility index (Phi) is 4.26. The maximum Gasteiger partial charge on any atom is 0.0506 e. The molecule has 2 unspecified atom stereocenters. The Morgan fingerprint density at radius 1 is 1.25 bits per heavy atom. The third kappa shape index (κ3) is 3.74. The summed E-state index contributed by atoms with van der Waals surface area (Å²) in [4.78, 5) is 0. The van der Waals surface area contributed by atoms with E-state index in [2.05, 4.69) is 19.2 Å². The second kappa shape index (κ2) is 5.50. The first-order valence-corrected chi connectivity index (χ1v) is 6.97. The minimum Gasteiger partial charge on any atom is -0.381 e. The molecule has 2 fully saturated rings. The highest BCUT2D eigenvalue weighted by Crippen LogP contribution is 2.35. The lowest BCUT2D eigenvalue weighted by Gasteiger charge is -2.36. The topological polar surface area (TPSA) is 21.3 Å². The van der Waals surface area contributed by atoms with Crippen LogP contribution in [-0.4, -0.2) is 25.8 Å². The quantitative estimate of drug-likeness (QED) is 0.797. The van der Waals surface area contributed by atoms with Gasteiger partial charge in [0.15, 0.2) is 0 Å². The fraction of sp³-hybridized carbons (Fsp3) is 1.00. The molecule has 2 aliphatic rings. The van der Waals surface area contributed by atoms with Gasteiger partial charge in [-0.2, -0.15) is 0 Å². The highest BCUT2D eigenvalue weighted by molar-refractivity contribution is 4.84. The molecule has 0 spiro atoms. The van der Waals surface area contributed by atoms with E-state index in [1.165, 1.54) is 45.1 Å². The molecule has 1 saturated heterocycles. The zero-order valence-electron chi connectivity index (χ0n) is 10.9. The zero-order chi connectivity index (χ0) is 11.4. The van der Waals surface area contributed by atoms with Crippen molar-refractivity contribution in [1.29, 1.82) is 0 Å². The van der Waals surface area contributed by atoms with Gasteiger partial charge >= 0.3 is 0 Å². The predicted octanol–water partition coefficient (Wildman–Crippen LogP) is 2.97. The molecule has 0 amide bonds. The largest absolute Gasteiger partial charge is 0.381 e. The summed E-state index contributed by atoms with van der Waals surface area (Å²) in [5.74, 6) is 0.763. The molecule has 1 N–H and O–H groups in total. The summed E-state index contributed by atoms with van der Waals surface area (Å²) in [7, 11) is 0. The second-order valence-corrected chi connectivity index (χ2v) is 6.45. The molecule has 94 valence electrons. The summed E-state index contributed by atoms with van der Waals surface area (Å²) in [5, 5.41) is 3.77. The van der Waals surface area contributed by atoms with Crippen LogP contribution in [-0.2, 0) is 4.74 Å². The van der Waals surface area contributed by atoms with Gasteiger partial charge in [-0.3, -0.25) is 0 Å². The smallest absolute Gasteiger partial charge is 0.0506 e. The molecule has 0 aromatic heterocycles. The van der Waals surface area contributed by atoms with Crippen LogP contribution in [0.15, 0.2) is 0 Å². The molecule has 1 aliphatic carbocycles. The van der Waals surface area contributed by atoms with E-state index >= 15 is 0 Å². The SMILES string of the molecule is CC1(C)CCCC(NCC2CCCOC2)C1. The van der Waals surface area contributed by atoms with Crippen molar-refractivity contribution >= 4 is 0 Å². The standard InChI is InChI=1S/C14H27NO/c1-14(2)7-3-6-13(9-14)15-10-12-5-4-8-16-11-12/h12-13,15H,3-11H2,1-2H3. The van der Waals surface area contributed by atoms with Crippen LogP contribution in [0.5, 0.6) is 0 Å². The Morgan fingerprint density at radius 3 is 2.81 bits per heavy atom. The number of hydrogen-bond donors (Lipinski definition) is 1. The average Bonchev–Trinajstić information content (AvgIpc) is 2.27. The molecule has 1 saturated carbocycles. The van der Waals surface area contributed by atoms with Crippen molar-refractivity contribution in [3.8, 4) is 0 Å². The van der Waals surface area contributed by atoms with Crippen LogP contribution in [0, 0.1) is 11.3 Å².